The summed E-state index contributed by atoms with van der Waals surface area (Å²) in [5.74, 6) is -0.378. The SMILES string of the molecule is CCCCn1nnnc1COC(=O)c1cc([N+](=O)[O-])ccc1Cl. The number of benzene rings is 1. The first-order valence-electron chi connectivity index (χ1n) is 6.89. The molecular formula is C13H14ClN5O4. The Kier molecular flexibility index (Phi) is 5.58. The normalized spacial score (nSPS) is 10.5. The van der Waals surface area contributed by atoms with Crippen LogP contribution in [-0.2, 0) is 17.9 Å². The molecule has 2 aromatic rings. The molecule has 9 nitrogen and oxygen atoms in total. The van der Waals surface area contributed by atoms with Crippen LogP contribution in [0.15, 0.2) is 18.2 Å². The van der Waals surface area contributed by atoms with Crippen LogP contribution >= 0.6 is 11.6 Å². The van der Waals surface area contributed by atoms with E-state index in [0.29, 0.717) is 12.4 Å². The van der Waals surface area contributed by atoms with Crippen LogP contribution in [0.1, 0.15) is 35.9 Å². The second-order valence-electron chi connectivity index (χ2n) is 4.67. The topological polar surface area (TPSA) is 113 Å². The van der Waals surface area contributed by atoms with Crippen molar-refractivity contribution in [3.63, 3.8) is 0 Å². The Morgan fingerprint density at radius 3 is 2.96 bits per heavy atom. The van der Waals surface area contributed by atoms with Gasteiger partial charge < -0.3 is 4.74 Å². The number of tetrazole rings is 1. The lowest BCUT2D eigenvalue weighted by molar-refractivity contribution is -0.384. The third kappa shape index (κ3) is 4.22. The molecule has 0 saturated heterocycles. The molecule has 122 valence electrons. The number of rotatable bonds is 7. The Balaban J connectivity index is 2.07. The smallest absolute Gasteiger partial charge is 0.340 e. The molecule has 1 aromatic carbocycles. The van der Waals surface area contributed by atoms with Gasteiger partial charge in [0, 0.05) is 18.7 Å². The zero-order chi connectivity index (χ0) is 16.8. The van der Waals surface area contributed by atoms with Crippen LogP contribution in [0.2, 0.25) is 5.02 Å². The van der Waals surface area contributed by atoms with Crippen molar-refractivity contribution in [2.24, 2.45) is 0 Å². The number of non-ortho nitro benzene ring substituents is 1. The molecule has 0 spiro atoms. The number of aromatic nitrogens is 4. The maximum absolute atomic E-state index is 12.1. The molecule has 10 heteroatoms. The highest BCUT2D eigenvalue weighted by Crippen LogP contribution is 2.23. The molecular weight excluding hydrogens is 326 g/mol. The van der Waals surface area contributed by atoms with Crippen molar-refractivity contribution in [2.45, 2.75) is 32.9 Å². The number of hydrogen-bond acceptors (Lipinski definition) is 7. The van der Waals surface area contributed by atoms with Crippen LogP contribution in [-0.4, -0.2) is 31.1 Å². The Hall–Kier alpha value is -2.55. The van der Waals surface area contributed by atoms with Gasteiger partial charge >= 0.3 is 5.97 Å². The van der Waals surface area contributed by atoms with Gasteiger partial charge in [-0.05, 0) is 22.9 Å². The molecule has 1 aromatic heterocycles. The third-order valence-electron chi connectivity index (χ3n) is 3.04. The van der Waals surface area contributed by atoms with E-state index < -0.39 is 10.9 Å². The van der Waals surface area contributed by atoms with Crippen molar-refractivity contribution in [1.29, 1.82) is 0 Å². The molecule has 1 heterocycles. The average Bonchev–Trinajstić information content (AvgIpc) is 2.98. The van der Waals surface area contributed by atoms with E-state index in [2.05, 4.69) is 15.5 Å². The minimum absolute atomic E-state index is 0.0752. The van der Waals surface area contributed by atoms with E-state index in [1.165, 1.54) is 12.1 Å². The van der Waals surface area contributed by atoms with Crippen LogP contribution in [0, 0.1) is 10.1 Å². The Morgan fingerprint density at radius 1 is 1.48 bits per heavy atom. The van der Waals surface area contributed by atoms with Gasteiger partial charge in [0.25, 0.3) is 5.69 Å². The number of carbonyl (C=O) groups is 1. The van der Waals surface area contributed by atoms with Gasteiger partial charge in [0.15, 0.2) is 12.4 Å². The lowest BCUT2D eigenvalue weighted by Gasteiger charge is -2.06. The van der Waals surface area contributed by atoms with Crippen molar-refractivity contribution in [2.75, 3.05) is 0 Å². The molecule has 0 unspecified atom stereocenters. The number of aryl methyl sites for hydroxylation is 1. The highest BCUT2D eigenvalue weighted by Gasteiger charge is 2.18. The lowest BCUT2D eigenvalue weighted by Crippen LogP contribution is -2.11. The number of unbranched alkanes of at least 4 members (excludes halogenated alkanes) is 1. The Bertz CT molecular complexity index is 718. The average molecular weight is 340 g/mol. The number of ether oxygens (including phenoxy) is 1. The van der Waals surface area contributed by atoms with Crippen LogP contribution in [0.3, 0.4) is 0 Å². The van der Waals surface area contributed by atoms with Crippen LogP contribution in [0.25, 0.3) is 0 Å². The standard InChI is InChI=1S/C13H14ClN5O4/c1-2-3-6-18-12(15-16-17-18)8-23-13(20)10-7-9(19(21)22)4-5-11(10)14/h4-5,7H,2-3,6,8H2,1H3. The van der Waals surface area contributed by atoms with Gasteiger partial charge in [0.2, 0.25) is 0 Å². The molecule has 0 aliphatic rings. The van der Waals surface area contributed by atoms with E-state index in [1.54, 1.807) is 4.68 Å². The summed E-state index contributed by atoms with van der Waals surface area (Å²) in [6.45, 7) is 2.51. The second kappa shape index (κ2) is 7.63. The minimum atomic E-state index is -0.774. The van der Waals surface area contributed by atoms with Gasteiger partial charge in [0.05, 0.1) is 15.5 Å². The van der Waals surface area contributed by atoms with Gasteiger partial charge in [-0.2, -0.15) is 0 Å². The fraction of sp³-hybridized carbons (Fsp3) is 0.385. The van der Waals surface area contributed by atoms with Gasteiger partial charge in [-0.3, -0.25) is 10.1 Å². The number of halogens is 1. The maximum Gasteiger partial charge on any atom is 0.340 e. The third-order valence-corrected chi connectivity index (χ3v) is 3.37. The summed E-state index contributed by atoms with van der Waals surface area (Å²) >= 11 is 5.89. The summed E-state index contributed by atoms with van der Waals surface area (Å²) in [4.78, 5) is 22.2. The van der Waals surface area contributed by atoms with Gasteiger partial charge in [0.1, 0.15) is 0 Å². The molecule has 0 atom stereocenters. The first-order chi connectivity index (χ1) is 11.0. The van der Waals surface area contributed by atoms with Gasteiger partial charge in [-0.15, -0.1) is 5.10 Å². The van der Waals surface area contributed by atoms with Crippen molar-refractivity contribution in [3.8, 4) is 0 Å². The summed E-state index contributed by atoms with van der Waals surface area (Å²) in [6.07, 6.45) is 1.87. The molecule has 0 N–H and O–H groups in total. The van der Waals surface area contributed by atoms with E-state index in [9.17, 15) is 14.9 Å². The minimum Gasteiger partial charge on any atom is -0.454 e. The molecule has 0 aliphatic heterocycles. The van der Waals surface area contributed by atoms with Crippen LogP contribution in [0.5, 0.6) is 0 Å². The number of nitrogens with zero attached hydrogens (tertiary/aromatic N) is 5. The van der Waals surface area contributed by atoms with Crippen molar-refractivity contribution < 1.29 is 14.5 Å². The second-order valence-corrected chi connectivity index (χ2v) is 5.08. The molecule has 0 aliphatic carbocycles. The summed E-state index contributed by atoms with van der Waals surface area (Å²) in [5, 5.41) is 22.0. The first kappa shape index (κ1) is 16.8. The lowest BCUT2D eigenvalue weighted by atomic mass is 10.2. The number of hydrogen-bond donors (Lipinski definition) is 0. The zero-order valence-corrected chi connectivity index (χ0v) is 13.1. The van der Waals surface area contributed by atoms with Crippen LogP contribution < -0.4 is 0 Å². The number of nitro groups is 1. The van der Waals surface area contributed by atoms with E-state index >= 15 is 0 Å². The summed E-state index contributed by atoms with van der Waals surface area (Å²) in [6, 6.07) is 3.57. The van der Waals surface area contributed by atoms with Crippen molar-refractivity contribution in [3.05, 3.63) is 44.7 Å². The van der Waals surface area contributed by atoms with Gasteiger partial charge in [-0.1, -0.05) is 24.9 Å². The van der Waals surface area contributed by atoms with Crippen LogP contribution in [0.4, 0.5) is 5.69 Å². The monoisotopic (exact) mass is 339 g/mol. The summed E-state index contributed by atoms with van der Waals surface area (Å²) in [7, 11) is 0. The molecule has 0 radical (unpaired) electrons. The Morgan fingerprint density at radius 2 is 2.26 bits per heavy atom. The number of esters is 1. The highest BCUT2D eigenvalue weighted by atomic mass is 35.5. The predicted molar refractivity (Wildman–Crippen MR) is 80.0 cm³/mol. The van der Waals surface area contributed by atoms with E-state index in [0.717, 1.165) is 18.9 Å². The van der Waals surface area contributed by atoms with E-state index in [1.807, 2.05) is 6.92 Å². The fourth-order valence-electron chi connectivity index (χ4n) is 1.80. The Labute approximate surface area is 136 Å². The van der Waals surface area contributed by atoms with Crippen molar-refractivity contribution in [1.82, 2.24) is 20.2 Å². The molecule has 0 bridgehead atoms. The first-order valence-corrected chi connectivity index (χ1v) is 7.26. The molecule has 0 amide bonds. The zero-order valence-electron chi connectivity index (χ0n) is 12.3. The molecule has 0 fully saturated rings. The number of carbonyl (C=O) groups excluding carboxylic acids is 1. The number of nitro benzene ring substituents is 1. The fourth-order valence-corrected chi connectivity index (χ4v) is 1.99. The molecule has 2 rings (SSSR count). The van der Waals surface area contributed by atoms with Gasteiger partial charge in [-0.25, -0.2) is 9.48 Å². The van der Waals surface area contributed by atoms with E-state index in [-0.39, 0.29) is 22.9 Å². The van der Waals surface area contributed by atoms with Crippen molar-refractivity contribution >= 4 is 23.3 Å². The predicted octanol–water partition coefficient (Wildman–Crippen LogP) is 2.39. The highest BCUT2D eigenvalue weighted by molar-refractivity contribution is 6.33. The molecule has 0 saturated carbocycles. The maximum atomic E-state index is 12.1. The summed E-state index contributed by atoms with van der Waals surface area (Å²) < 4.78 is 6.65. The molecule has 23 heavy (non-hydrogen) atoms. The quantitative estimate of drug-likeness (QED) is 0.432. The summed E-state index contributed by atoms with van der Waals surface area (Å²) in [5.41, 5.74) is -0.317. The largest absolute Gasteiger partial charge is 0.454 e. The van der Waals surface area contributed by atoms with E-state index in [4.69, 9.17) is 16.3 Å².